The fourth-order valence-electron chi connectivity index (χ4n) is 1.68. The topological polar surface area (TPSA) is 63.8 Å². The second-order valence-corrected chi connectivity index (χ2v) is 4.20. The van der Waals surface area contributed by atoms with Crippen molar-refractivity contribution in [3.8, 4) is 5.75 Å². The van der Waals surface area contributed by atoms with E-state index in [4.69, 9.17) is 9.15 Å². The average Bonchev–Trinajstić information content (AvgIpc) is 3.00. The van der Waals surface area contributed by atoms with Gasteiger partial charge in [0.25, 0.3) is 5.91 Å². The van der Waals surface area contributed by atoms with Crippen molar-refractivity contribution < 1.29 is 13.9 Å². The molecule has 0 bridgehead atoms. The summed E-state index contributed by atoms with van der Waals surface area (Å²) in [6.45, 7) is 3.59. The predicted octanol–water partition coefficient (Wildman–Crippen LogP) is 2.54. The van der Waals surface area contributed by atoms with Gasteiger partial charge in [0.2, 0.25) is 0 Å². The van der Waals surface area contributed by atoms with Crippen molar-refractivity contribution in [1.29, 1.82) is 0 Å². The van der Waals surface area contributed by atoms with Gasteiger partial charge in [-0.25, -0.2) is 5.43 Å². The van der Waals surface area contributed by atoms with Crippen molar-refractivity contribution in [2.24, 2.45) is 5.10 Å². The molecule has 0 fully saturated rings. The van der Waals surface area contributed by atoms with Gasteiger partial charge in [-0.15, -0.1) is 6.58 Å². The Kier molecular flexibility index (Phi) is 5.34. The van der Waals surface area contributed by atoms with E-state index in [1.54, 1.807) is 18.2 Å². The van der Waals surface area contributed by atoms with Gasteiger partial charge in [-0.3, -0.25) is 4.79 Å². The Morgan fingerprint density at radius 3 is 2.95 bits per heavy atom. The minimum Gasteiger partial charge on any atom is -0.483 e. The molecule has 0 unspecified atom stereocenters. The fourth-order valence-corrected chi connectivity index (χ4v) is 1.68. The standard InChI is InChI=1S/C16H16N2O3/c1-2-6-13-7-3-4-9-15(13)21-12-16(19)18-17-11-14-8-5-10-20-14/h2-5,7-11H,1,6,12H2,(H,18,19)/b17-11+. The zero-order chi connectivity index (χ0) is 14.9. The normalized spacial score (nSPS) is 10.5. The average molecular weight is 284 g/mol. The number of hydrogen-bond acceptors (Lipinski definition) is 4. The number of carbonyl (C=O) groups excluding carboxylic acids is 1. The van der Waals surface area contributed by atoms with Crippen molar-refractivity contribution >= 4 is 12.1 Å². The molecule has 0 saturated heterocycles. The molecule has 0 aliphatic heterocycles. The van der Waals surface area contributed by atoms with Crippen LogP contribution in [0.4, 0.5) is 0 Å². The number of nitrogens with zero attached hydrogens (tertiary/aromatic N) is 1. The van der Waals surface area contributed by atoms with E-state index in [9.17, 15) is 4.79 Å². The van der Waals surface area contributed by atoms with Crippen molar-refractivity contribution in [1.82, 2.24) is 5.43 Å². The van der Waals surface area contributed by atoms with Crippen molar-refractivity contribution in [3.05, 3.63) is 66.6 Å². The van der Waals surface area contributed by atoms with E-state index in [0.717, 1.165) is 5.56 Å². The summed E-state index contributed by atoms with van der Waals surface area (Å²) in [5.41, 5.74) is 3.35. The fraction of sp³-hybridized carbons (Fsp3) is 0.125. The summed E-state index contributed by atoms with van der Waals surface area (Å²) < 4.78 is 10.5. The SMILES string of the molecule is C=CCc1ccccc1OCC(=O)N/N=C/c1ccco1. The third-order valence-corrected chi connectivity index (χ3v) is 2.62. The molecule has 1 N–H and O–H groups in total. The highest BCUT2D eigenvalue weighted by Crippen LogP contribution is 2.18. The van der Waals surface area contributed by atoms with Gasteiger partial charge in [0.05, 0.1) is 12.5 Å². The lowest BCUT2D eigenvalue weighted by atomic mass is 10.1. The van der Waals surface area contributed by atoms with E-state index in [2.05, 4.69) is 17.1 Å². The van der Waals surface area contributed by atoms with Crippen molar-refractivity contribution in [2.75, 3.05) is 6.61 Å². The summed E-state index contributed by atoms with van der Waals surface area (Å²) in [4.78, 5) is 11.6. The van der Waals surface area contributed by atoms with Crippen LogP contribution in [-0.4, -0.2) is 18.7 Å². The first kappa shape index (κ1) is 14.6. The van der Waals surface area contributed by atoms with Crippen LogP contribution in [0.25, 0.3) is 0 Å². The van der Waals surface area contributed by atoms with Gasteiger partial charge in [0.15, 0.2) is 6.61 Å². The van der Waals surface area contributed by atoms with Crippen LogP contribution in [0, 0.1) is 0 Å². The first-order valence-corrected chi connectivity index (χ1v) is 6.46. The number of furan rings is 1. The van der Waals surface area contributed by atoms with Crippen LogP contribution in [0.1, 0.15) is 11.3 Å². The molecule has 0 saturated carbocycles. The van der Waals surface area contributed by atoms with E-state index in [1.807, 2.05) is 24.3 Å². The Balaban J connectivity index is 1.82. The molecule has 21 heavy (non-hydrogen) atoms. The Morgan fingerprint density at radius 1 is 1.33 bits per heavy atom. The van der Waals surface area contributed by atoms with E-state index in [-0.39, 0.29) is 12.5 Å². The quantitative estimate of drug-likeness (QED) is 0.483. The highest BCUT2D eigenvalue weighted by molar-refractivity contribution is 5.81. The van der Waals surface area contributed by atoms with Crippen LogP contribution in [0.5, 0.6) is 5.75 Å². The highest BCUT2D eigenvalue weighted by Gasteiger charge is 2.05. The summed E-state index contributed by atoms with van der Waals surface area (Å²) in [5.74, 6) is 0.890. The Hall–Kier alpha value is -2.82. The Bertz CT molecular complexity index is 618. The van der Waals surface area contributed by atoms with Gasteiger partial charge < -0.3 is 9.15 Å². The number of benzene rings is 1. The smallest absolute Gasteiger partial charge is 0.277 e. The lowest BCUT2D eigenvalue weighted by Gasteiger charge is -2.09. The minimum absolute atomic E-state index is 0.107. The zero-order valence-electron chi connectivity index (χ0n) is 11.5. The number of ether oxygens (including phenoxy) is 1. The number of carbonyl (C=O) groups is 1. The number of nitrogens with one attached hydrogen (secondary N) is 1. The molecule has 5 heteroatoms. The maximum Gasteiger partial charge on any atom is 0.277 e. The van der Waals surface area contributed by atoms with Gasteiger partial charge in [0, 0.05) is 0 Å². The molecule has 1 amide bonds. The maximum absolute atomic E-state index is 11.6. The molecule has 0 aliphatic carbocycles. The first-order valence-electron chi connectivity index (χ1n) is 6.46. The zero-order valence-corrected chi connectivity index (χ0v) is 11.5. The third-order valence-electron chi connectivity index (χ3n) is 2.62. The molecule has 1 heterocycles. The lowest BCUT2D eigenvalue weighted by Crippen LogP contribution is -2.24. The molecule has 0 atom stereocenters. The van der Waals surface area contributed by atoms with Crippen LogP contribution >= 0.6 is 0 Å². The number of allylic oxidation sites excluding steroid dienone is 1. The van der Waals surface area contributed by atoms with Gasteiger partial charge in [-0.2, -0.15) is 5.10 Å². The van der Waals surface area contributed by atoms with E-state index < -0.39 is 0 Å². The Morgan fingerprint density at radius 2 is 2.19 bits per heavy atom. The molecule has 1 aromatic heterocycles. The van der Waals surface area contributed by atoms with Crippen LogP contribution in [-0.2, 0) is 11.2 Å². The maximum atomic E-state index is 11.6. The number of hydrogen-bond donors (Lipinski definition) is 1. The van der Waals surface area contributed by atoms with Gasteiger partial charge >= 0.3 is 0 Å². The van der Waals surface area contributed by atoms with Crippen LogP contribution in [0.3, 0.4) is 0 Å². The first-order chi connectivity index (χ1) is 10.3. The number of rotatable bonds is 7. The summed E-state index contributed by atoms with van der Waals surface area (Å²) in [6.07, 6.45) is 5.43. The molecule has 108 valence electrons. The molecule has 0 radical (unpaired) electrons. The van der Waals surface area contributed by atoms with Crippen molar-refractivity contribution in [2.45, 2.75) is 6.42 Å². The van der Waals surface area contributed by atoms with E-state index in [0.29, 0.717) is 17.9 Å². The Labute approximate surface area is 122 Å². The minimum atomic E-state index is -0.341. The van der Waals surface area contributed by atoms with E-state index in [1.165, 1.54) is 12.5 Å². The molecule has 1 aromatic carbocycles. The monoisotopic (exact) mass is 284 g/mol. The predicted molar refractivity (Wildman–Crippen MR) is 80.3 cm³/mol. The summed E-state index contributed by atoms with van der Waals surface area (Å²) >= 11 is 0. The van der Waals surface area contributed by atoms with Crippen LogP contribution in [0.2, 0.25) is 0 Å². The van der Waals surface area contributed by atoms with Crippen molar-refractivity contribution in [3.63, 3.8) is 0 Å². The second kappa shape index (κ2) is 7.69. The molecule has 0 aliphatic rings. The number of hydrazone groups is 1. The van der Waals surface area contributed by atoms with Crippen LogP contribution < -0.4 is 10.2 Å². The van der Waals surface area contributed by atoms with E-state index >= 15 is 0 Å². The molecular formula is C16H16N2O3. The molecule has 2 rings (SSSR count). The summed E-state index contributed by atoms with van der Waals surface area (Å²) in [6, 6.07) is 11.0. The number of amides is 1. The summed E-state index contributed by atoms with van der Waals surface area (Å²) in [7, 11) is 0. The second-order valence-electron chi connectivity index (χ2n) is 4.20. The summed E-state index contributed by atoms with van der Waals surface area (Å²) in [5, 5.41) is 3.77. The number of para-hydroxylation sites is 1. The molecule has 2 aromatic rings. The van der Waals surface area contributed by atoms with Crippen LogP contribution in [0.15, 0.2) is 64.8 Å². The van der Waals surface area contributed by atoms with Gasteiger partial charge in [-0.05, 0) is 30.2 Å². The van der Waals surface area contributed by atoms with Gasteiger partial charge in [0.1, 0.15) is 11.5 Å². The molecule has 5 nitrogen and oxygen atoms in total. The highest BCUT2D eigenvalue weighted by atomic mass is 16.5. The van der Waals surface area contributed by atoms with Gasteiger partial charge in [-0.1, -0.05) is 24.3 Å². The third kappa shape index (κ3) is 4.65. The molecular weight excluding hydrogens is 268 g/mol. The molecule has 0 spiro atoms. The lowest BCUT2D eigenvalue weighted by molar-refractivity contribution is -0.123. The largest absolute Gasteiger partial charge is 0.483 e.